The van der Waals surface area contributed by atoms with E-state index in [2.05, 4.69) is 20.9 Å². The van der Waals surface area contributed by atoms with Crippen LogP contribution in [0.1, 0.15) is 30.4 Å². The average molecular weight is 714 g/mol. The number of benzene rings is 2. The largest absolute Gasteiger partial charge is 0.481 e. The highest BCUT2D eigenvalue weighted by Crippen LogP contribution is 2.42. The normalized spacial score (nSPS) is 18.4. The number of ether oxygens (including phenoxy) is 1. The monoisotopic (exact) mass is 712 g/mol. The number of amides is 1. The number of aromatic nitrogens is 3. The third-order valence-electron chi connectivity index (χ3n) is 9.60. The van der Waals surface area contributed by atoms with Crippen molar-refractivity contribution in [3.63, 3.8) is 0 Å². The lowest BCUT2D eigenvalue weighted by atomic mass is 9.97. The molecule has 3 aromatic heterocycles. The average Bonchev–Trinajstić information content (AvgIpc) is 3.77. The first kappa shape index (κ1) is 34.1. The zero-order chi connectivity index (χ0) is 34.8. The first-order chi connectivity index (χ1) is 24.3. The molecule has 258 valence electrons. The van der Waals surface area contributed by atoms with Gasteiger partial charge in [-0.05, 0) is 55.0 Å². The van der Waals surface area contributed by atoms with Crippen LogP contribution in [0.3, 0.4) is 0 Å². The number of methoxy groups -OCH3 is 1. The highest BCUT2D eigenvalue weighted by molar-refractivity contribution is 6.39. The minimum Gasteiger partial charge on any atom is -0.481 e. The Morgan fingerprint density at radius 2 is 1.64 bits per heavy atom. The molecule has 12 heteroatoms. The molecule has 50 heavy (non-hydrogen) atoms. The second kappa shape index (κ2) is 14.9. The molecule has 1 aliphatic carbocycles. The SMILES string of the molecule is COc1nc(-c2cccc(-c3cccc(-c4ccn5c(=O)c(CNC[C@@H]6C[C@@H]6CO)cnc5c4)c3Cl)c2Cl)ccc1CNCC1CCC(=O)N1. The number of pyridine rings is 2. The van der Waals surface area contributed by atoms with Crippen LogP contribution in [0.2, 0.25) is 10.0 Å². The number of nitrogens with zero attached hydrogens (tertiary/aromatic N) is 3. The molecule has 2 fully saturated rings. The number of hydrogen-bond acceptors (Lipinski definition) is 8. The van der Waals surface area contributed by atoms with Crippen LogP contribution in [-0.4, -0.2) is 58.2 Å². The number of hydrogen-bond donors (Lipinski definition) is 4. The Labute approximate surface area is 299 Å². The summed E-state index contributed by atoms with van der Waals surface area (Å²) < 4.78 is 7.19. The fraction of sp³-hybridized carbons (Fsp3) is 0.316. The summed E-state index contributed by atoms with van der Waals surface area (Å²) in [7, 11) is 1.59. The predicted octanol–water partition coefficient (Wildman–Crippen LogP) is 5.49. The second-order valence-corrected chi connectivity index (χ2v) is 13.7. The van der Waals surface area contributed by atoms with Crippen LogP contribution >= 0.6 is 23.2 Å². The maximum atomic E-state index is 13.2. The second-order valence-electron chi connectivity index (χ2n) is 12.9. The van der Waals surface area contributed by atoms with E-state index in [0.29, 0.717) is 70.7 Å². The smallest absolute Gasteiger partial charge is 0.262 e. The van der Waals surface area contributed by atoms with Gasteiger partial charge in [0.15, 0.2) is 0 Å². The fourth-order valence-corrected chi connectivity index (χ4v) is 7.28. The van der Waals surface area contributed by atoms with Gasteiger partial charge in [-0.1, -0.05) is 65.7 Å². The Hall–Kier alpha value is -4.32. The van der Waals surface area contributed by atoms with Crippen molar-refractivity contribution >= 4 is 34.8 Å². The molecule has 2 aromatic carbocycles. The summed E-state index contributed by atoms with van der Waals surface area (Å²) in [6, 6.07) is 19.3. The van der Waals surface area contributed by atoms with Crippen LogP contribution in [0.5, 0.6) is 5.88 Å². The Bertz CT molecular complexity index is 2120. The van der Waals surface area contributed by atoms with E-state index in [1.54, 1.807) is 23.9 Å². The van der Waals surface area contributed by atoms with E-state index in [1.807, 2.05) is 60.7 Å². The van der Waals surface area contributed by atoms with Crippen molar-refractivity contribution in [2.45, 2.75) is 38.4 Å². The molecule has 4 heterocycles. The number of nitrogens with one attached hydrogen (secondary N) is 3. The van der Waals surface area contributed by atoms with Crippen molar-refractivity contribution in [2.75, 3.05) is 26.8 Å². The molecule has 1 saturated heterocycles. The highest BCUT2D eigenvalue weighted by atomic mass is 35.5. The lowest BCUT2D eigenvalue weighted by Crippen LogP contribution is -2.35. The maximum absolute atomic E-state index is 13.2. The minimum atomic E-state index is -0.124. The third kappa shape index (κ3) is 7.12. The standard InChI is InChI=1S/C38H38Cl2N6O4/c1-50-37-23(16-42-20-27-9-11-34(48)44-27)8-10-32(45-37)31-7-3-6-30(36(31)40)29-5-2-4-28(35(29)39)22-12-13-46-33(15-22)43-19-26(38(46)49)18-41-17-24-14-25(24)21-47/h2-8,10,12-13,15,19,24-25,27,41-42,47H,9,11,14,16-18,20-21H2,1H3,(H,44,48)/t24-,25+,27?/m0/s1. The number of carbonyl (C=O) groups excluding carboxylic acids is 1. The van der Waals surface area contributed by atoms with Gasteiger partial charge in [0.1, 0.15) is 5.65 Å². The predicted molar refractivity (Wildman–Crippen MR) is 195 cm³/mol. The van der Waals surface area contributed by atoms with Gasteiger partial charge in [0, 0.05) is 84.5 Å². The first-order valence-electron chi connectivity index (χ1n) is 16.8. The van der Waals surface area contributed by atoms with E-state index in [-0.39, 0.29) is 24.1 Å². The van der Waals surface area contributed by atoms with Crippen LogP contribution in [0, 0.1) is 11.8 Å². The molecule has 10 nitrogen and oxygen atoms in total. The van der Waals surface area contributed by atoms with E-state index < -0.39 is 0 Å². The van der Waals surface area contributed by atoms with Crippen LogP contribution < -0.4 is 26.2 Å². The van der Waals surface area contributed by atoms with Crippen molar-refractivity contribution in [1.82, 2.24) is 30.3 Å². The Balaban J connectivity index is 1.11. The van der Waals surface area contributed by atoms with Gasteiger partial charge in [0.25, 0.3) is 5.56 Å². The quantitative estimate of drug-likeness (QED) is 0.126. The van der Waals surface area contributed by atoms with E-state index in [1.165, 1.54) is 0 Å². The van der Waals surface area contributed by atoms with E-state index in [9.17, 15) is 14.7 Å². The molecule has 2 aliphatic rings. The van der Waals surface area contributed by atoms with E-state index in [0.717, 1.165) is 52.8 Å². The summed E-state index contributed by atoms with van der Waals surface area (Å²) in [5.41, 5.74) is 6.39. The van der Waals surface area contributed by atoms with Crippen LogP contribution in [0.25, 0.3) is 39.2 Å². The number of rotatable bonds is 13. The molecule has 0 spiro atoms. The molecular weight excluding hydrogens is 675 g/mol. The molecule has 1 unspecified atom stereocenters. The van der Waals surface area contributed by atoms with Crippen molar-refractivity contribution in [3.05, 3.63) is 105 Å². The number of aliphatic hydroxyl groups is 1. The van der Waals surface area contributed by atoms with Gasteiger partial charge < -0.3 is 25.8 Å². The van der Waals surface area contributed by atoms with Crippen molar-refractivity contribution < 1.29 is 14.6 Å². The fourth-order valence-electron chi connectivity index (χ4n) is 6.62. The van der Waals surface area contributed by atoms with Gasteiger partial charge >= 0.3 is 0 Å². The summed E-state index contributed by atoms with van der Waals surface area (Å²) in [6.45, 7) is 2.62. The molecule has 7 rings (SSSR count). The third-order valence-corrected chi connectivity index (χ3v) is 10.4. The number of halogens is 2. The summed E-state index contributed by atoms with van der Waals surface area (Å²) in [6.07, 6.45) is 5.77. The molecular formula is C38H38Cl2N6O4. The summed E-state index contributed by atoms with van der Waals surface area (Å²) in [4.78, 5) is 34.1. The van der Waals surface area contributed by atoms with Crippen molar-refractivity contribution in [3.8, 4) is 39.4 Å². The molecule has 1 amide bonds. The van der Waals surface area contributed by atoms with Gasteiger partial charge in [0.2, 0.25) is 11.8 Å². The summed E-state index contributed by atoms with van der Waals surface area (Å²) >= 11 is 14.2. The van der Waals surface area contributed by atoms with Gasteiger partial charge in [-0.25, -0.2) is 9.97 Å². The Morgan fingerprint density at radius 1 is 0.920 bits per heavy atom. The molecule has 1 saturated carbocycles. The van der Waals surface area contributed by atoms with E-state index in [4.69, 9.17) is 32.9 Å². The molecule has 1 aliphatic heterocycles. The lowest BCUT2D eigenvalue weighted by Gasteiger charge is -2.16. The Kier molecular flexibility index (Phi) is 10.2. The van der Waals surface area contributed by atoms with Crippen molar-refractivity contribution in [1.29, 1.82) is 0 Å². The lowest BCUT2D eigenvalue weighted by molar-refractivity contribution is -0.119. The number of fused-ring (bicyclic) bond motifs is 1. The van der Waals surface area contributed by atoms with Crippen LogP contribution in [-0.2, 0) is 17.9 Å². The van der Waals surface area contributed by atoms with Crippen molar-refractivity contribution in [2.24, 2.45) is 11.8 Å². The summed E-state index contributed by atoms with van der Waals surface area (Å²) in [5.74, 6) is 1.43. The Morgan fingerprint density at radius 3 is 2.36 bits per heavy atom. The molecule has 3 atom stereocenters. The zero-order valence-electron chi connectivity index (χ0n) is 27.6. The maximum Gasteiger partial charge on any atom is 0.262 e. The number of carbonyl (C=O) groups is 1. The minimum absolute atomic E-state index is 0.0947. The molecule has 4 N–H and O–H groups in total. The topological polar surface area (TPSA) is 130 Å². The van der Waals surface area contributed by atoms with Crippen LogP contribution in [0.4, 0.5) is 0 Å². The first-order valence-corrected chi connectivity index (χ1v) is 17.5. The number of aliphatic hydroxyl groups excluding tert-OH is 1. The highest BCUT2D eigenvalue weighted by Gasteiger charge is 2.35. The van der Waals surface area contributed by atoms with Gasteiger partial charge in [-0.2, -0.15) is 0 Å². The zero-order valence-corrected chi connectivity index (χ0v) is 29.1. The van der Waals surface area contributed by atoms with Crippen LogP contribution in [0.15, 0.2) is 77.9 Å². The van der Waals surface area contributed by atoms with Gasteiger partial charge in [0.05, 0.1) is 22.8 Å². The van der Waals surface area contributed by atoms with E-state index >= 15 is 0 Å². The van der Waals surface area contributed by atoms with Gasteiger partial charge in [-0.3, -0.25) is 14.0 Å². The van der Waals surface area contributed by atoms with Gasteiger partial charge in [-0.15, -0.1) is 0 Å². The molecule has 5 aromatic rings. The molecule has 0 radical (unpaired) electrons. The molecule has 0 bridgehead atoms. The summed E-state index contributed by atoms with van der Waals surface area (Å²) in [5, 5.41) is 20.0.